The van der Waals surface area contributed by atoms with Crippen molar-refractivity contribution in [2.75, 3.05) is 13.7 Å². The summed E-state index contributed by atoms with van der Waals surface area (Å²) in [6, 6.07) is 5.28. The summed E-state index contributed by atoms with van der Waals surface area (Å²) < 4.78 is 18.2. The van der Waals surface area contributed by atoms with Gasteiger partial charge >= 0.3 is 0 Å². The SMILES string of the molecule is COc1cc(C(C)NCCC2CC2)ccc1F. The summed E-state index contributed by atoms with van der Waals surface area (Å²) in [6.45, 7) is 3.13. The molecule has 0 aliphatic heterocycles. The van der Waals surface area contributed by atoms with E-state index >= 15 is 0 Å². The second kappa shape index (κ2) is 5.50. The summed E-state index contributed by atoms with van der Waals surface area (Å²) in [5, 5.41) is 3.46. The summed E-state index contributed by atoms with van der Waals surface area (Å²) in [7, 11) is 1.49. The monoisotopic (exact) mass is 237 g/mol. The van der Waals surface area contributed by atoms with Crippen LogP contribution in [-0.4, -0.2) is 13.7 Å². The Morgan fingerprint density at radius 1 is 1.47 bits per heavy atom. The van der Waals surface area contributed by atoms with Crippen molar-refractivity contribution in [2.45, 2.75) is 32.2 Å². The third-order valence-corrected chi connectivity index (χ3v) is 3.38. The molecule has 0 amide bonds. The lowest BCUT2D eigenvalue weighted by molar-refractivity contribution is 0.385. The first kappa shape index (κ1) is 12.4. The predicted octanol–water partition coefficient (Wildman–Crippen LogP) is 3.29. The van der Waals surface area contributed by atoms with Crippen LogP contribution < -0.4 is 10.1 Å². The Morgan fingerprint density at radius 2 is 2.24 bits per heavy atom. The Morgan fingerprint density at radius 3 is 2.88 bits per heavy atom. The molecular weight excluding hydrogens is 217 g/mol. The number of methoxy groups -OCH3 is 1. The molecule has 1 aromatic carbocycles. The number of benzene rings is 1. The smallest absolute Gasteiger partial charge is 0.165 e. The van der Waals surface area contributed by atoms with Gasteiger partial charge in [-0.15, -0.1) is 0 Å². The number of hydrogen-bond donors (Lipinski definition) is 1. The molecule has 0 aromatic heterocycles. The van der Waals surface area contributed by atoms with Crippen LogP contribution in [0, 0.1) is 11.7 Å². The van der Waals surface area contributed by atoms with Gasteiger partial charge in [0.2, 0.25) is 0 Å². The minimum atomic E-state index is -0.304. The Labute approximate surface area is 102 Å². The van der Waals surface area contributed by atoms with E-state index in [4.69, 9.17) is 4.74 Å². The van der Waals surface area contributed by atoms with E-state index in [0.717, 1.165) is 18.0 Å². The van der Waals surface area contributed by atoms with Crippen molar-refractivity contribution in [3.05, 3.63) is 29.6 Å². The molecule has 17 heavy (non-hydrogen) atoms. The van der Waals surface area contributed by atoms with Crippen molar-refractivity contribution in [1.82, 2.24) is 5.32 Å². The average Bonchev–Trinajstić information content (AvgIpc) is 3.13. The molecule has 1 aromatic rings. The third kappa shape index (κ3) is 3.43. The zero-order chi connectivity index (χ0) is 12.3. The molecule has 0 bridgehead atoms. The summed E-state index contributed by atoms with van der Waals surface area (Å²) in [5.74, 6) is 0.956. The molecule has 94 valence electrons. The van der Waals surface area contributed by atoms with Gasteiger partial charge in [-0.3, -0.25) is 0 Å². The normalized spacial score (nSPS) is 16.9. The highest BCUT2D eigenvalue weighted by atomic mass is 19.1. The van der Waals surface area contributed by atoms with Gasteiger partial charge in [-0.25, -0.2) is 4.39 Å². The quantitative estimate of drug-likeness (QED) is 0.819. The van der Waals surface area contributed by atoms with Crippen molar-refractivity contribution in [3.8, 4) is 5.75 Å². The van der Waals surface area contributed by atoms with Gasteiger partial charge in [0.05, 0.1) is 7.11 Å². The van der Waals surface area contributed by atoms with E-state index in [1.165, 1.54) is 32.4 Å². The minimum Gasteiger partial charge on any atom is -0.494 e. The summed E-state index contributed by atoms with van der Waals surface area (Å²) >= 11 is 0. The zero-order valence-corrected chi connectivity index (χ0v) is 10.5. The van der Waals surface area contributed by atoms with Gasteiger partial charge in [-0.1, -0.05) is 18.9 Å². The first-order valence-corrected chi connectivity index (χ1v) is 6.27. The van der Waals surface area contributed by atoms with E-state index in [1.54, 1.807) is 6.07 Å². The molecule has 1 aliphatic carbocycles. The molecule has 2 rings (SSSR count). The maximum absolute atomic E-state index is 13.3. The van der Waals surface area contributed by atoms with Crippen LogP contribution in [-0.2, 0) is 0 Å². The van der Waals surface area contributed by atoms with Crippen LogP contribution in [0.15, 0.2) is 18.2 Å². The van der Waals surface area contributed by atoms with E-state index in [2.05, 4.69) is 12.2 Å². The Hall–Kier alpha value is -1.09. The van der Waals surface area contributed by atoms with Crippen LogP contribution in [0.3, 0.4) is 0 Å². The first-order chi connectivity index (χ1) is 8.20. The molecule has 0 spiro atoms. The van der Waals surface area contributed by atoms with Crippen molar-refractivity contribution in [3.63, 3.8) is 0 Å². The van der Waals surface area contributed by atoms with Gasteiger partial charge < -0.3 is 10.1 Å². The minimum absolute atomic E-state index is 0.239. The highest BCUT2D eigenvalue weighted by Crippen LogP contribution is 2.32. The molecule has 1 aliphatic rings. The molecule has 0 heterocycles. The average molecular weight is 237 g/mol. The Kier molecular flexibility index (Phi) is 4.00. The highest BCUT2D eigenvalue weighted by Gasteiger charge is 2.20. The van der Waals surface area contributed by atoms with E-state index in [-0.39, 0.29) is 11.9 Å². The third-order valence-electron chi connectivity index (χ3n) is 3.38. The fourth-order valence-corrected chi connectivity index (χ4v) is 1.97. The standard InChI is InChI=1S/C14H20FNO/c1-10(16-8-7-11-3-4-11)12-5-6-13(15)14(9-12)17-2/h5-6,9-11,16H,3-4,7-8H2,1-2H3. The summed E-state index contributed by atoms with van der Waals surface area (Å²) in [6.07, 6.45) is 4.03. The fraction of sp³-hybridized carbons (Fsp3) is 0.571. The van der Waals surface area contributed by atoms with Gasteiger partial charge in [0, 0.05) is 6.04 Å². The topological polar surface area (TPSA) is 21.3 Å². The van der Waals surface area contributed by atoms with E-state index in [9.17, 15) is 4.39 Å². The molecule has 0 radical (unpaired) electrons. The maximum atomic E-state index is 13.3. The van der Waals surface area contributed by atoms with Crippen LogP contribution in [0.1, 0.15) is 37.8 Å². The lowest BCUT2D eigenvalue weighted by Gasteiger charge is -2.15. The van der Waals surface area contributed by atoms with Crippen LogP contribution >= 0.6 is 0 Å². The molecule has 1 fully saturated rings. The van der Waals surface area contributed by atoms with Crippen molar-refractivity contribution in [2.24, 2.45) is 5.92 Å². The second-order valence-corrected chi connectivity index (χ2v) is 4.80. The van der Waals surface area contributed by atoms with Gasteiger partial charge in [0.1, 0.15) is 0 Å². The molecule has 0 saturated heterocycles. The lowest BCUT2D eigenvalue weighted by Crippen LogP contribution is -2.20. The summed E-state index contributed by atoms with van der Waals surface area (Å²) in [4.78, 5) is 0. The number of halogens is 1. The second-order valence-electron chi connectivity index (χ2n) is 4.80. The number of rotatable bonds is 6. The van der Waals surface area contributed by atoms with Gasteiger partial charge in [-0.2, -0.15) is 0 Å². The van der Waals surface area contributed by atoms with Crippen LogP contribution in [0.2, 0.25) is 0 Å². The molecular formula is C14H20FNO. The molecule has 1 saturated carbocycles. The molecule has 1 atom stereocenters. The first-order valence-electron chi connectivity index (χ1n) is 6.27. The molecule has 1 N–H and O–H groups in total. The van der Waals surface area contributed by atoms with Gasteiger partial charge in [0.25, 0.3) is 0 Å². The summed E-state index contributed by atoms with van der Waals surface area (Å²) in [5.41, 5.74) is 1.07. The van der Waals surface area contributed by atoms with Crippen molar-refractivity contribution in [1.29, 1.82) is 0 Å². The molecule has 1 unspecified atom stereocenters. The lowest BCUT2D eigenvalue weighted by atomic mass is 10.1. The van der Waals surface area contributed by atoms with Crippen molar-refractivity contribution < 1.29 is 9.13 Å². The number of nitrogens with one attached hydrogen (secondary N) is 1. The maximum Gasteiger partial charge on any atom is 0.165 e. The van der Waals surface area contributed by atoms with Crippen LogP contribution in [0.5, 0.6) is 5.75 Å². The van der Waals surface area contributed by atoms with Crippen LogP contribution in [0.4, 0.5) is 4.39 Å². The van der Waals surface area contributed by atoms with E-state index in [0.29, 0.717) is 5.75 Å². The van der Waals surface area contributed by atoms with Gasteiger partial charge in [0.15, 0.2) is 11.6 Å². The molecule has 3 heteroatoms. The number of ether oxygens (including phenoxy) is 1. The Bertz CT molecular complexity index is 376. The van der Waals surface area contributed by atoms with E-state index < -0.39 is 0 Å². The van der Waals surface area contributed by atoms with Crippen molar-refractivity contribution >= 4 is 0 Å². The van der Waals surface area contributed by atoms with Gasteiger partial charge in [-0.05, 0) is 43.5 Å². The predicted molar refractivity (Wildman–Crippen MR) is 66.7 cm³/mol. The molecule has 2 nitrogen and oxygen atoms in total. The largest absolute Gasteiger partial charge is 0.494 e. The van der Waals surface area contributed by atoms with Crippen LogP contribution in [0.25, 0.3) is 0 Å². The van der Waals surface area contributed by atoms with E-state index in [1.807, 2.05) is 6.07 Å². The fourth-order valence-electron chi connectivity index (χ4n) is 1.97. The highest BCUT2D eigenvalue weighted by molar-refractivity contribution is 5.31. The zero-order valence-electron chi connectivity index (χ0n) is 10.5. The Balaban J connectivity index is 1.90. The number of hydrogen-bond acceptors (Lipinski definition) is 2.